The molecule has 182 valence electrons. The maximum absolute atomic E-state index is 13.1. The number of aryl methyl sites for hydroxylation is 1. The summed E-state index contributed by atoms with van der Waals surface area (Å²) in [4.78, 5) is 24.3. The highest BCUT2D eigenvalue weighted by atomic mass is 16.5. The molecule has 34 heavy (non-hydrogen) atoms. The molecule has 2 aromatic rings. The third-order valence-electron chi connectivity index (χ3n) is 6.34. The van der Waals surface area contributed by atoms with Crippen molar-refractivity contribution in [2.45, 2.75) is 78.7 Å². The normalized spacial score (nSPS) is 15.9. The van der Waals surface area contributed by atoms with Crippen LogP contribution in [0.15, 0.2) is 53.6 Å². The number of anilines is 1. The Kier molecular flexibility index (Phi) is 6.92. The second kappa shape index (κ2) is 9.24. The molecule has 1 amide bonds. The van der Waals surface area contributed by atoms with Crippen molar-refractivity contribution < 1.29 is 19.4 Å². The van der Waals surface area contributed by atoms with Gasteiger partial charge in [-0.05, 0) is 87.8 Å². The van der Waals surface area contributed by atoms with E-state index in [1.54, 1.807) is 12.1 Å². The Morgan fingerprint density at radius 1 is 0.971 bits per heavy atom. The van der Waals surface area contributed by atoms with Crippen LogP contribution in [0.4, 0.5) is 5.69 Å². The van der Waals surface area contributed by atoms with E-state index in [0.29, 0.717) is 5.75 Å². The molecule has 1 heterocycles. The third kappa shape index (κ3) is 5.49. The first kappa shape index (κ1) is 25.5. The molecule has 6 heteroatoms. The van der Waals surface area contributed by atoms with Gasteiger partial charge >= 0.3 is 5.97 Å². The lowest BCUT2D eigenvalue weighted by Crippen LogP contribution is -2.37. The van der Waals surface area contributed by atoms with Gasteiger partial charge in [0.15, 0.2) is 5.60 Å². The summed E-state index contributed by atoms with van der Waals surface area (Å²) in [7, 11) is 0. The topological polar surface area (TPSA) is 79.2 Å². The van der Waals surface area contributed by atoms with Crippen LogP contribution in [0.2, 0.25) is 0 Å². The molecule has 1 aliphatic heterocycles. The molecule has 0 aliphatic carbocycles. The van der Waals surface area contributed by atoms with Crippen LogP contribution in [-0.2, 0) is 21.4 Å². The number of aliphatic carboxylic acids is 1. The Labute approximate surface area is 202 Å². The van der Waals surface area contributed by atoms with Crippen LogP contribution in [0.5, 0.6) is 5.75 Å². The van der Waals surface area contributed by atoms with Crippen LogP contribution < -0.4 is 9.75 Å². The van der Waals surface area contributed by atoms with Gasteiger partial charge in [-0.15, -0.1) is 0 Å². The Morgan fingerprint density at radius 2 is 1.56 bits per heavy atom. The summed E-state index contributed by atoms with van der Waals surface area (Å²) in [5, 5.41) is 15.5. The van der Waals surface area contributed by atoms with Gasteiger partial charge in [0.25, 0.3) is 5.91 Å². The summed E-state index contributed by atoms with van der Waals surface area (Å²) in [5.41, 5.74) is 2.16. The number of hydrogen-bond acceptors (Lipinski definition) is 4. The van der Waals surface area contributed by atoms with Crippen LogP contribution in [-0.4, -0.2) is 28.3 Å². The molecule has 0 fully saturated rings. The zero-order chi connectivity index (χ0) is 25.3. The van der Waals surface area contributed by atoms with Gasteiger partial charge in [-0.3, -0.25) is 4.79 Å². The fourth-order valence-corrected chi connectivity index (χ4v) is 3.84. The molecule has 0 spiro atoms. The first-order valence-corrected chi connectivity index (χ1v) is 11.8. The van der Waals surface area contributed by atoms with Crippen LogP contribution in [0.25, 0.3) is 0 Å². The van der Waals surface area contributed by atoms with Crippen LogP contribution in [0, 0.1) is 5.41 Å². The van der Waals surface area contributed by atoms with E-state index in [9.17, 15) is 14.7 Å². The molecule has 0 saturated carbocycles. The quantitative estimate of drug-likeness (QED) is 0.521. The second-order valence-electron chi connectivity index (χ2n) is 11.0. The molecule has 0 saturated heterocycles. The molecule has 0 atom stereocenters. The van der Waals surface area contributed by atoms with E-state index in [-0.39, 0.29) is 11.3 Å². The molecular formula is C28H36N2O4. The highest BCUT2D eigenvalue weighted by Crippen LogP contribution is 2.35. The average molecular weight is 465 g/mol. The summed E-state index contributed by atoms with van der Waals surface area (Å²) in [6.07, 6.45) is 2.40. The molecule has 1 N–H and O–H groups in total. The minimum absolute atomic E-state index is 0.00597. The number of rotatable bonds is 8. The summed E-state index contributed by atoms with van der Waals surface area (Å²) < 4.78 is 5.56. The van der Waals surface area contributed by atoms with Crippen molar-refractivity contribution in [3.8, 4) is 5.75 Å². The molecule has 2 aromatic carbocycles. The lowest BCUT2D eigenvalue weighted by atomic mass is 9.84. The number of hydrogen-bond donors (Lipinski definition) is 1. The molecule has 0 bridgehead atoms. The maximum Gasteiger partial charge on any atom is 0.347 e. The number of carbonyl (C=O) groups is 2. The van der Waals surface area contributed by atoms with Gasteiger partial charge in [-0.2, -0.15) is 5.10 Å². The largest absolute Gasteiger partial charge is 0.478 e. The fraction of sp³-hybridized carbons (Fsp3) is 0.464. The molecule has 3 rings (SSSR count). The highest BCUT2D eigenvalue weighted by Gasteiger charge is 2.43. The molecular weight excluding hydrogens is 428 g/mol. The third-order valence-corrected chi connectivity index (χ3v) is 6.34. The minimum atomic E-state index is -1.28. The summed E-state index contributed by atoms with van der Waals surface area (Å²) in [5.74, 6) is -0.491. The van der Waals surface area contributed by atoms with Crippen molar-refractivity contribution in [1.82, 2.24) is 0 Å². The van der Waals surface area contributed by atoms with Gasteiger partial charge in [0.1, 0.15) is 5.75 Å². The Morgan fingerprint density at radius 3 is 2.09 bits per heavy atom. The number of carboxylic acids is 1. The number of benzene rings is 2. The predicted molar refractivity (Wildman–Crippen MR) is 136 cm³/mol. The van der Waals surface area contributed by atoms with Crippen LogP contribution in [0.1, 0.15) is 72.4 Å². The number of amides is 1. The van der Waals surface area contributed by atoms with E-state index in [2.05, 4.69) is 32.9 Å². The number of carboxylic acid groups (broad SMARTS) is 1. The van der Waals surface area contributed by atoms with Crippen molar-refractivity contribution in [3.05, 3.63) is 59.7 Å². The van der Waals surface area contributed by atoms with E-state index in [4.69, 9.17) is 9.84 Å². The Hall–Kier alpha value is -3.15. The van der Waals surface area contributed by atoms with Gasteiger partial charge in [-0.1, -0.05) is 45.0 Å². The number of ether oxygens (including phenoxy) is 1. The monoisotopic (exact) mass is 464 g/mol. The first-order chi connectivity index (χ1) is 15.7. The minimum Gasteiger partial charge on any atom is -0.478 e. The summed E-state index contributed by atoms with van der Waals surface area (Å²) in [6, 6.07) is 15.5. The smallest absolute Gasteiger partial charge is 0.347 e. The molecule has 0 unspecified atom stereocenters. The Bertz CT molecular complexity index is 1070. The van der Waals surface area contributed by atoms with Crippen molar-refractivity contribution in [2.24, 2.45) is 10.5 Å². The zero-order valence-electron chi connectivity index (χ0n) is 21.3. The van der Waals surface area contributed by atoms with E-state index in [1.807, 2.05) is 38.1 Å². The van der Waals surface area contributed by atoms with Gasteiger partial charge in [-0.25, -0.2) is 9.80 Å². The number of hydrazone groups is 1. The van der Waals surface area contributed by atoms with Crippen molar-refractivity contribution in [2.75, 3.05) is 5.01 Å². The second-order valence-corrected chi connectivity index (χ2v) is 11.0. The van der Waals surface area contributed by atoms with Crippen LogP contribution >= 0.6 is 0 Å². The fourth-order valence-electron chi connectivity index (χ4n) is 3.84. The van der Waals surface area contributed by atoms with Crippen molar-refractivity contribution in [3.63, 3.8) is 0 Å². The number of nitrogens with zero attached hydrogens (tertiary/aromatic N) is 2. The molecule has 0 radical (unpaired) electrons. The van der Waals surface area contributed by atoms with E-state index in [1.165, 1.54) is 24.4 Å². The lowest BCUT2D eigenvalue weighted by Gasteiger charge is -2.22. The summed E-state index contributed by atoms with van der Waals surface area (Å²) >= 11 is 0. The Balaban J connectivity index is 1.64. The van der Waals surface area contributed by atoms with Crippen molar-refractivity contribution in [1.29, 1.82) is 0 Å². The van der Waals surface area contributed by atoms with E-state index < -0.39 is 17.0 Å². The van der Waals surface area contributed by atoms with Gasteiger partial charge < -0.3 is 9.84 Å². The van der Waals surface area contributed by atoms with Crippen molar-refractivity contribution >= 4 is 23.3 Å². The maximum atomic E-state index is 13.1. The average Bonchev–Trinajstić information content (AvgIpc) is 2.97. The van der Waals surface area contributed by atoms with Gasteiger partial charge in [0, 0.05) is 0 Å². The highest BCUT2D eigenvalue weighted by molar-refractivity contribution is 6.18. The molecule has 6 nitrogen and oxygen atoms in total. The van der Waals surface area contributed by atoms with Gasteiger partial charge in [0.2, 0.25) is 0 Å². The summed E-state index contributed by atoms with van der Waals surface area (Å²) in [6.45, 7) is 13.4. The van der Waals surface area contributed by atoms with Gasteiger partial charge in [0.05, 0.1) is 16.8 Å². The SMILES string of the molecule is CC(C)(Oc1ccc(CCCC2=NN(c3ccc(C(C)(C)C)cc3)C(=O)C2(C)C)cc1)C(=O)O. The zero-order valence-corrected chi connectivity index (χ0v) is 21.3. The molecule has 1 aliphatic rings. The lowest BCUT2D eigenvalue weighted by molar-refractivity contribution is -0.152. The van der Waals surface area contributed by atoms with E-state index >= 15 is 0 Å². The first-order valence-electron chi connectivity index (χ1n) is 11.8. The predicted octanol–water partition coefficient (Wildman–Crippen LogP) is 5.98. The van der Waals surface area contributed by atoms with Crippen LogP contribution in [0.3, 0.4) is 0 Å². The standard InChI is InChI=1S/C28H36N2O4/c1-26(2,3)20-13-15-21(16-14-20)30-24(31)27(4,5)23(29-30)10-8-9-19-11-17-22(18-12-19)34-28(6,7)25(32)33/h11-18H,8-10H2,1-7H3,(H,32,33). The molecule has 0 aromatic heterocycles. The van der Waals surface area contributed by atoms with E-state index in [0.717, 1.165) is 36.2 Å². The number of carbonyl (C=O) groups excluding carboxylic acids is 1.